The number of hydrogen-bond donors (Lipinski definition) is 1. The van der Waals surface area contributed by atoms with Crippen LogP contribution in [0, 0.1) is 5.92 Å². The topological polar surface area (TPSA) is 46.5 Å². The summed E-state index contributed by atoms with van der Waals surface area (Å²) in [4.78, 5) is 11.6. The van der Waals surface area contributed by atoms with Crippen molar-refractivity contribution in [3.8, 4) is 0 Å². The summed E-state index contributed by atoms with van der Waals surface area (Å²) in [5, 5.41) is 9.77. The molecule has 3 heteroatoms. The van der Waals surface area contributed by atoms with Crippen molar-refractivity contribution in [2.24, 2.45) is 5.92 Å². The van der Waals surface area contributed by atoms with Gasteiger partial charge in [-0.1, -0.05) is 30.3 Å². The number of carbonyl (C=O) groups excluding carboxylic acids is 1. The number of cyclic esters (lactones) is 1. The minimum absolute atomic E-state index is 0.152. The molecule has 2 unspecified atom stereocenters. The maximum Gasteiger partial charge on any atom is 0.310 e. The van der Waals surface area contributed by atoms with Crippen LogP contribution in [0.15, 0.2) is 30.3 Å². The van der Waals surface area contributed by atoms with Gasteiger partial charge < -0.3 is 9.84 Å². The zero-order valence-corrected chi connectivity index (χ0v) is 8.93. The van der Waals surface area contributed by atoms with E-state index in [1.807, 2.05) is 30.3 Å². The lowest BCUT2D eigenvalue weighted by Gasteiger charge is -2.25. The van der Waals surface area contributed by atoms with E-state index in [1.54, 1.807) is 0 Å². The fraction of sp³-hybridized carbons (Fsp3) is 0.462. The van der Waals surface area contributed by atoms with Gasteiger partial charge >= 0.3 is 5.97 Å². The van der Waals surface area contributed by atoms with Crippen LogP contribution in [0.2, 0.25) is 0 Å². The molecule has 2 aliphatic rings. The Kier molecular flexibility index (Phi) is 2.04. The molecule has 0 spiro atoms. The van der Waals surface area contributed by atoms with E-state index in [-0.39, 0.29) is 23.4 Å². The Bertz CT molecular complexity index is 414. The Hall–Kier alpha value is -1.35. The van der Waals surface area contributed by atoms with Gasteiger partial charge in [-0.25, -0.2) is 0 Å². The molecular weight excluding hydrogens is 204 g/mol. The fourth-order valence-corrected chi connectivity index (χ4v) is 3.10. The molecule has 2 fully saturated rings. The van der Waals surface area contributed by atoms with E-state index in [0.29, 0.717) is 19.4 Å². The maximum absolute atomic E-state index is 11.6. The highest BCUT2D eigenvalue weighted by molar-refractivity contribution is 5.78. The van der Waals surface area contributed by atoms with Crippen LogP contribution >= 0.6 is 0 Å². The van der Waals surface area contributed by atoms with Gasteiger partial charge in [-0.3, -0.25) is 4.79 Å². The first-order chi connectivity index (χ1) is 7.72. The van der Waals surface area contributed by atoms with Crippen LogP contribution in [0.3, 0.4) is 0 Å². The molecule has 1 N–H and O–H groups in total. The van der Waals surface area contributed by atoms with Crippen LogP contribution in [0.5, 0.6) is 0 Å². The predicted octanol–water partition coefficient (Wildman–Crippen LogP) is 1.25. The number of carbonyl (C=O) groups is 1. The zero-order valence-electron chi connectivity index (χ0n) is 8.93. The quantitative estimate of drug-likeness (QED) is 0.722. The van der Waals surface area contributed by atoms with E-state index in [2.05, 4.69) is 0 Å². The summed E-state index contributed by atoms with van der Waals surface area (Å²) in [6.07, 6.45) is 0.791. The Morgan fingerprint density at radius 2 is 2.06 bits per heavy atom. The van der Waals surface area contributed by atoms with E-state index in [1.165, 1.54) is 0 Å². The summed E-state index contributed by atoms with van der Waals surface area (Å²) >= 11 is 0. The van der Waals surface area contributed by atoms with Gasteiger partial charge in [-0.05, 0) is 18.4 Å². The summed E-state index contributed by atoms with van der Waals surface area (Å²) in [5.74, 6) is -0.315. The third-order valence-corrected chi connectivity index (χ3v) is 3.88. The van der Waals surface area contributed by atoms with Crippen LogP contribution in [0.4, 0.5) is 0 Å². The first kappa shape index (κ1) is 9.85. The molecule has 1 aliphatic heterocycles. The average molecular weight is 218 g/mol. The van der Waals surface area contributed by atoms with Crippen molar-refractivity contribution in [1.82, 2.24) is 0 Å². The van der Waals surface area contributed by atoms with Gasteiger partial charge in [0.15, 0.2) is 0 Å². The molecule has 3 atom stereocenters. The number of aliphatic hydroxyl groups excluding tert-OH is 1. The molecular formula is C13H14O3. The second-order valence-corrected chi connectivity index (χ2v) is 4.78. The van der Waals surface area contributed by atoms with Crippen molar-refractivity contribution >= 4 is 5.97 Å². The molecule has 1 heterocycles. The molecule has 1 saturated carbocycles. The highest BCUT2D eigenvalue weighted by Gasteiger charge is 2.57. The minimum Gasteiger partial charge on any atom is -0.464 e. The van der Waals surface area contributed by atoms with Crippen LogP contribution in [-0.4, -0.2) is 23.8 Å². The molecule has 1 aliphatic carbocycles. The second kappa shape index (κ2) is 3.32. The number of esters is 1. The van der Waals surface area contributed by atoms with Crippen molar-refractivity contribution in [2.45, 2.75) is 24.4 Å². The third kappa shape index (κ3) is 1.21. The van der Waals surface area contributed by atoms with Crippen LogP contribution in [0.25, 0.3) is 0 Å². The van der Waals surface area contributed by atoms with Crippen LogP contribution in [-0.2, 0) is 14.9 Å². The second-order valence-electron chi connectivity index (χ2n) is 4.78. The average Bonchev–Trinajstić information content (AvgIpc) is 2.79. The molecule has 84 valence electrons. The highest BCUT2D eigenvalue weighted by Crippen LogP contribution is 2.50. The summed E-state index contributed by atoms with van der Waals surface area (Å²) < 4.78 is 5.18. The van der Waals surface area contributed by atoms with Crippen molar-refractivity contribution in [1.29, 1.82) is 0 Å². The van der Waals surface area contributed by atoms with Gasteiger partial charge in [-0.2, -0.15) is 0 Å². The summed E-state index contributed by atoms with van der Waals surface area (Å²) in [5.41, 5.74) is 0.833. The highest BCUT2D eigenvalue weighted by atomic mass is 16.5. The number of hydrogen-bond acceptors (Lipinski definition) is 3. The first-order valence-corrected chi connectivity index (χ1v) is 5.63. The van der Waals surface area contributed by atoms with E-state index < -0.39 is 0 Å². The van der Waals surface area contributed by atoms with Crippen molar-refractivity contribution in [3.05, 3.63) is 35.9 Å². The molecule has 16 heavy (non-hydrogen) atoms. The fourth-order valence-electron chi connectivity index (χ4n) is 3.10. The molecule has 0 amide bonds. The molecule has 3 nitrogen and oxygen atoms in total. The minimum atomic E-state index is -0.377. The van der Waals surface area contributed by atoms with Gasteiger partial charge in [0.05, 0.1) is 12.0 Å². The van der Waals surface area contributed by atoms with Gasteiger partial charge in [0.25, 0.3) is 0 Å². The van der Waals surface area contributed by atoms with Crippen molar-refractivity contribution < 1.29 is 14.6 Å². The Morgan fingerprint density at radius 3 is 2.81 bits per heavy atom. The van der Waals surface area contributed by atoms with Gasteiger partial charge in [0.2, 0.25) is 0 Å². The lowest BCUT2D eigenvalue weighted by Crippen LogP contribution is -2.30. The SMILES string of the molecule is O=C1OC[C@@]2(c3ccccc3)CC(O)CC12. The number of rotatable bonds is 1. The van der Waals surface area contributed by atoms with Gasteiger partial charge in [0, 0.05) is 5.41 Å². The molecule has 1 aromatic rings. The van der Waals surface area contributed by atoms with Gasteiger partial charge in [0.1, 0.15) is 6.61 Å². The lowest BCUT2D eigenvalue weighted by atomic mass is 9.74. The van der Waals surface area contributed by atoms with Gasteiger partial charge in [-0.15, -0.1) is 0 Å². The Morgan fingerprint density at radius 1 is 1.31 bits per heavy atom. The molecule has 1 aromatic carbocycles. The molecule has 0 aromatic heterocycles. The number of ether oxygens (including phenoxy) is 1. The summed E-state index contributed by atoms with van der Waals surface area (Å²) in [6.45, 7) is 0.414. The Labute approximate surface area is 94.0 Å². The van der Waals surface area contributed by atoms with Crippen molar-refractivity contribution in [3.63, 3.8) is 0 Å². The third-order valence-electron chi connectivity index (χ3n) is 3.88. The molecule has 0 bridgehead atoms. The standard InChI is InChI=1S/C13H14O3/c14-10-6-11-12(15)16-8-13(11,7-10)9-4-2-1-3-5-9/h1-5,10-11,14H,6-8H2/t10?,11?,13-/m1/s1. The molecule has 0 radical (unpaired) electrons. The normalized spacial score (nSPS) is 37.2. The summed E-state index contributed by atoms with van der Waals surface area (Å²) in [6, 6.07) is 9.93. The summed E-state index contributed by atoms with van der Waals surface area (Å²) in [7, 11) is 0. The van der Waals surface area contributed by atoms with Crippen LogP contribution < -0.4 is 0 Å². The molecule has 1 saturated heterocycles. The predicted molar refractivity (Wildman–Crippen MR) is 57.8 cm³/mol. The largest absolute Gasteiger partial charge is 0.464 e. The maximum atomic E-state index is 11.6. The smallest absolute Gasteiger partial charge is 0.310 e. The number of aliphatic hydroxyl groups is 1. The van der Waals surface area contributed by atoms with Crippen molar-refractivity contribution in [2.75, 3.05) is 6.61 Å². The monoisotopic (exact) mass is 218 g/mol. The van der Waals surface area contributed by atoms with E-state index >= 15 is 0 Å². The lowest BCUT2D eigenvalue weighted by molar-refractivity contribution is -0.141. The molecule has 3 rings (SSSR count). The zero-order chi connectivity index (χ0) is 11.2. The van der Waals surface area contributed by atoms with E-state index in [9.17, 15) is 9.90 Å². The van der Waals surface area contributed by atoms with Crippen LogP contribution in [0.1, 0.15) is 18.4 Å². The number of fused-ring (bicyclic) bond motifs is 1. The van der Waals surface area contributed by atoms with E-state index in [0.717, 1.165) is 5.56 Å². The first-order valence-electron chi connectivity index (χ1n) is 5.63. The Balaban J connectivity index is 2.06. The number of benzene rings is 1. The van der Waals surface area contributed by atoms with E-state index in [4.69, 9.17) is 4.74 Å².